The molecule has 0 fully saturated rings. The number of ketones is 1. The topological polar surface area (TPSA) is 52.6 Å². The van der Waals surface area contributed by atoms with Gasteiger partial charge in [0.25, 0.3) is 0 Å². The summed E-state index contributed by atoms with van der Waals surface area (Å²) in [6.07, 6.45) is 0. The second kappa shape index (κ2) is 7.04. The minimum atomic E-state index is -6.58. The lowest BCUT2D eigenvalue weighted by molar-refractivity contribution is -0.374. The molecule has 0 aliphatic carbocycles. The highest BCUT2D eigenvalue weighted by Gasteiger charge is 2.80. The van der Waals surface area contributed by atoms with Gasteiger partial charge in [-0.15, -0.1) is 0 Å². The normalized spacial score (nSPS) is 14.4. The Hall–Kier alpha value is -1.46. The van der Waals surface area contributed by atoms with Gasteiger partial charge in [0.2, 0.25) is 0 Å². The number of halogens is 8. The van der Waals surface area contributed by atoms with Crippen LogP contribution in [0.1, 0.15) is 20.8 Å². The molecule has 148 valence electrons. The van der Waals surface area contributed by atoms with Crippen LogP contribution in [0.5, 0.6) is 0 Å². The standard InChI is InChI=1S/C13H16F8O4/c1-7(22)9(2,3)8(23)25-6-11(16,17)13(20,21)12(18,19)10(14,15)5-24-4/h5-6H2,1-4H3. The molecule has 0 aliphatic rings. The van der Waals surface area contributed by atoms with E-state index >= 15 is 0 Å². The zero-order chi connectivity index (χ0) is 20.5. The van der Waals surface area contributed by atoms with Crippen molar-refractivity contribution in [1.29, 1.82) is 0 Å². The van der Waals surface area contributed by atoms with Crippen molar-refractivity contribution in [3.05, 3.63) is 0 Å². The van der Waals surface area contributed by atoms with Crippen LogP contribution in [0.15, 0.2) is 0 Å². The quantitative estimate of drug-likeness (QED) is 0.346. The summed E-state index contributed by atoms with van der Waals surface area (Å²) in [5.41, 5.74) is -2.02. The molecule has 0 spiro atoms. The van der Waals surface area contributed by atoms with Crippen molar-refractivity contribution < 1.29 is 54.2 Å². The average molecular weight is 388 g/mol. The SMILES string of the molecule is COCC(F)(F)C(F)(F)C(F)(F)C(F)(F)COC(=O)C(C)(C)C(C)=O. The summed E-state index contributed by atoms with van der Waals surface area (Å²) in [5.74, 6) is -27.2. The highest BCUT2D eigenvalue weighted by atomic mass is 19.4. The molecular formula is C13H16F8O4. The van der Waals surface area contributed by atoms with Crippen LogP contribution in [-0.2, 0) is 19.1 Å². The van der Waals surface area contributed by atoms with Crippen LogP contribution < -0.4 is 0 Å². The number of rotatable bonds is 9. The molecule has 0 bridgehead atoms. The highest BCUT2D eigenvalue weighted by molar-refractivity contribution is 6.01. The largest absolute Gasteiger partial charge is 0.458 e. The summed E-state index contributed by atoms with van der Waals surface area (Å²) in [6, 6.07) is 0. The van der Waals surface area contributed by atoms with E-state index in [0.717, 1.165) is 20.8 Å². The fourth-order valence-corrected chi connectivity index (χ4v) is 1.30. The molecule has 0 amide bonds. The van der Waals surface area contributed by atoms with E-state index in [2.05, 4.69) is 9.47 Å². The molecular weight excluding hydrogens is 372 g/mol. The number of carbonyl (C=O) groups excluding carboxylic acids is 2. The Bertz CT molecular complexity index is 516. The summed E-state index contributed by atoms with van der Waals surface area (Å²) in [4.78, 5) is 22.6. The van der Waals surface area contributed by atoms with Crippen molar-refractivity contribution in [3.8, 4) is 0 Å². The Morgan fingerprint density at radius 2 is 1.16 bits per heavy atom. The number of methoxy groups -OCH3 is 1. The summed E-state index contributed by atoms with van der Waals surface area (Å²) in [5, 5.41) is 0. The van der Waals surface area contributed by atoms with Gasteiger partial charge in [-0.1, -0.05) is 0 Å². The van der Waals surface area contributed by atoms with Gasteiger partial charge in [-0.3, -0.25) is 9.59 Å². The van der Waals surface area contributed by atoms with Crippen molar-refractivity contribution in [1.82, 2.24) is 0 Å². The van der Waals surface area contributed by atoms with Crippen LogP contribution in [0, 0.1) is 5.41 Å². The third kappa shape index (κ3) is 4.21. The smallest absolute Gasteiger partial charge is 0.381 e. The first-order valence-electron chi connectivity index (χ1n) is 6.57. The van der Waals surface area contributed by atoms with Gasteiger partial charge < -0.3 is 9.47 Å². The molecule has 25 heavy (non-hydrogen) atoms. The lowest BCUT2D eigenvalue weighted by Crippen LogP contribution is -2.64. The van der Waals surface area contributed by atoms with Gasteiger partial charge >= 0.3 is 29.7 Å². The van der Waals surface area contributed by atoms with Gasteiger partial charge in [0.05, 0.1) is 0 Å². The Labute approximate surface area is 137 Å². The molecule has 12 heteroatoms. The minimum absolute atomic E-state index is 0.478. The minimum Gasteiger partial charge on any atom is -0.458 e. The molecule has 0 aliphatic heterocycles. The zero-order valence-corrected chi connectivity index (χ0v) is 13.6. The Morgan fingerprint density at radius 3 is 1.48 bits per heavy atom. The predicted molar refractivity (Wildman–Crippen MR) is 67.1 cm³/mol. The van der Waals surface area contributed by atoms with Crippen molar-refractivity contribution >= 4 is 11.8 Å². The molecule has 0 unspecified atom stereocenters. The summed E-state index contributed by atoms with van der Waals surface area (Å²) < 4.78 is 114. The van der Waals surface area contributed by atoms with Crippen LogP contribution in [-0.4, -0.2) is 55.8 Å². The third-order valence-electron chi connectivity index (χ3n) is 3.41. The number of ether oxygens (including phenoxy) is 2. The monoisotopic (exact) mass is 388 g/mol. The van der Waals surface area contributed by atoms with E-state index in [1.54, 1.807) is 0 Å². The second-order valence-electron chi connectivity index (χ2n) is 5.75. The van der Waals surface area contributed by atoms with E-state index in [1.165, 1.54) is 0 Å². The number of Topliss-reactive ketones (excluding diaryl/α,β-unsaturated/α-hetero) is 1. The Balaban J connectivity index is 5.49. The summed E-state index contributed by atoms with van der Waals surface area (Å²) in [7, 11) is 0.478. The van der Waals surface area contributed by atoms with Crippen molar-refractivity contribution in [3.63, 3.8) is 0 Å². The molecule has 0 radical (unpaired) electrons. The number of hydrogen-bond donors (Lipinski definition) is 0. The molecule has 0 heterocycles. The second-order valence-corrected chi connectivity index (χ2v) is 5.75. The lowest BCUT2D eigenvalue weighted by atomic mass is 9.89. The van der Waals surface area contributed by atoms with E-state index < -0.39 is 54.1 Å². The number of carbonyl (C=O) groups is 2. The van der Waals surface area contributed by atoms with Gasteiger partial charge in [-0.05, 0) is 20.8 Å². The van der Waals surface area contributed by atoms with Gasteiger partial charge in [-0.25, -0.2) is 0 Å². The molecule has 0 aromatic rings. The van der Waals surface area contributed by atoms with Gasteiger partial charge in [0.15, 0.2) is 6.61 Å². The first kappa shape index (κ1) is 23.5. The predicted octanol–water partition coefficient (Wildman–Crippen LogP) is 3.33. The van der Waals surface area contributed by atoms with Gasteiger partial charge in [0, 0.05) is 7.11 Å². The van der Waals surface area contributed by atoms with Crippen LogP contribution in [0.25, 0.3) is 0 Å². The molecule has 0 saturated carbocycles. The fraction of sp³-hybridized carbons (Fsp3) is 0.846. The van der Waals surface area contributed by atoms with Crippen molar-refractivity contribution in [2.75, 3.05) is 20.3 Å². The van der Waals surface area contributed by atoms with Gasteiger partial charge in [0.1, 0.15) is 17.8 Å². The molecule has 0 rings (SSSR count). The maximum absolute atomic E-state index is 13.5. The number of hydrogen-bond acceptors (Lipinski definition) is 4. The van der Waals surface area contributed by atoms with Crippen LogP contribution in [0.4, 0.5) is 35.1 Å². The van der Waals surface area contributed by atoms with Crippen LogP contribution in [0.2, 0.25) is 0 Å². The molecule has 0 atom stereocenters. The van der Waals surface area contributed by atoms with Crippen LogP contribution >= 0.6 is 0 Å². The van der Waals surface area contributed by atoms with E-state index in [-0.39, 0.29) is 0 Å². The molecule has 0 saturated heterocycles. The Morgan fingerprint density at radius 1 is 0.800 bits per heavy atom. The highest BCUT2D eigenvalue weighted by Crippen LogP contribution is 2.52. The van der Waals surface area contributed by atoms with E-state index in [9.17, 15) is 44.7 Å². The first-order chi connectivity index (χ1) is 10.9. The first-order valence-corrected chi connectivity index (χ1v) is 6.57. The van der Waals surface area contributed by atoms with E-state index in [1.807, 2.05) is 0 Å². The van der Waals surface area contributed by atoms with E-state index in [4.69, 9.17) is 0 Å². The fourth-order valence-electron chi connectivity index (χ4n) is 1.30. The molecule has 4 nitrogen and oxygen atoms in total. The van der Waals surface area contributed by atoms with E-state index in [0.29, 0.717) is 7.11 Å². The summed E-state index contributed by atoms with van der Waals surface area (Å²) in [6.45, 7) is -2.19. The zero-order valence-electron chi connectivity index (χ0n) is 13.6. The number of esters is 1. The molecule has 0 N–H and O–H groups in total. The maximum Gasteiger partial charge on any atom is 0.381 e. The average Bonchev–Trinajstić information content (AvgIpc) is 2.43. The molecule has 0 aromatic carbocycles. The Kier molecular flexibility index (Phi) is 6.63. The molecule has 0 aromatic heterocycles. The number of alkyl halides is 8. The van der Waals surface area contributed by atoms with Crippen LogP contribution in [0.3, 0.4) is 0 Å². The maximum atomic E-state index is 13.5. The van der Waals surface area contributed by atoms with Crippen molar-refractivity contribution in [2.45, 2.75) is 44.5 Å². The van der Waals surface area contributed by atoms with Crippen molar-refractivity contribution in [2.24, 2.45) is 5.41 Å². The van der Waals surface area contributed by atoms with Gasteiger partial charge in [-0.2, -0.15) is 35.1 Å². The third-order valence-corrected chi connectivity index (χ3v) is 3.41. The summed E-state index contributed by atoms with van der Waals surface area (Å²) >= 11 is 0. The lowest BCUT2D eigenvalue weighted by Gasteiger charge is -2.36.